The minimum Gasteiger partial charge on any atom is -0.472 e. The van der Waals surface area contributed by atoms with Gasteiger partial charge in [0.25, 0.3) is 5.91 Å². The molecule has 1 aromatic carbocycles. The fourth-order valence-electron chi connectivity index (χ4n) is 2.97. The minimum atomic E-state index is -0.419. The zero-order valence-electron chi connectivity index (χ0n) is 14.4. The number of likely N-dealkylation sites (tertiary alicyclic amines) is 1. The average Bonchev–Trinajstić information content (AvgIpc) is 3.22. The summed E-state index contributed by atoms with van der Waals surface area (Å²) in [4.78, 5) is 37.8. The molecule has 1 N–H and O–H groups in total. The molecule has 0 aliphatic carbocycles. The Hall–Kier alpha value is -3.09. The second-order valence-corrected chi connectivity index (χ2v) is 6.14. The number of nitrogens with zero attached hydrogens (tertiary/aromatic N) is 1. The zero-order chi connectivity index (χ0) is 18.5. The Bertz CT molecular complexity index is 775. The van der Waals surface area contributed by atoms with Gasteiger partial charge in [0.2, 0.25) is 5.91 Å². The van der Waals surface area contributed by atoms with Crippen LogP contribution in [0, 0.1) is 5.92 Å². The predicted molar refractivity (Wildman–Crippen MR) is 93.7 cm³/mol. The first-order valence-electron chi connectivity index (χ1n) is 8.39. The van der Waals surface area contributed by atoms with E-state index in [2.05, 4.69) is 10.1 Å². The molecule has 2 heterocycles. The number of hydrogen-bond donors (Lipinski definition) is 1. The Balaban J connectivity index is 1.52. The van der Waals surface area contributed by atoms with Gasteiger partial charge in [-0.3, -0.25) is 9.59 Å². The summed E-state index contributed by atoms with van der Waals surface area (Å²) >= 11 is 0. The highest BCUT2D eigenvalue weighted by atomic mass is 16.5. The molecule has 3 rings (SSSR count). The number of furan rings is 1. The van der Waals surface area contributed by atoms with Gasteiger partial charge in [-0.05, 0) is 43.2 Å². The number of hydrogen-bond acceptors (Lipinski definition) is 5. The van der Waals surface area contributed by atoms with Gasteiger partial charge < -0.3 is 19.4 Å². The number of piperidine rings is 1. The van der Waals surface area contributed by atoms with Crippen LogP contribution < -0.4 is 5.32 Å². The Labute approximate surface area is 150 Å². The molecular weight excluding hydrogens is 336 g/mol. The van der Waals surface area contributed by atoms with Gasteiger partial charge in [-0.25, -0.2) is 4.79 Å². The summed E-state index contributed by atoms with van der Waals surface area (Å²) in [7, 11) is 1.32. The van der Waals surface area contributed by atoms with E-state index in [1.165, 1.54) is 19.6 Å². The van der Waals surface area contributed by atoms with E-state index in [0.29, 0.717) is 42.7 Å². The first kappa shape index (κ1) is 17.7. The van der Waals surface area contributed by atoms with Gasteiger partial charge in [0.1, 0.15) is 6.26 Å². The first-order valence-corrected chi connectivity index (χ1v) is 8.39. The topological polar surface area (TPSA) is 88.9 Å². The third-order valence-corrected chi connectivity index (χ3v) is 4.49. The maximum atomic E-state index is 12.4. The van der Waals surface area contributed by atoms with E-state index < -0.39 is 5.97 Å². The molecule has 0 bridgehead atoms. The van der Waals surface area contributed by atoms with Gasteiger partial charge in [-0.1, -0.05) is 0 Å². The van der Waals surface area contributed by atoms with E-state index in [0.717, 1.165) is 0 Å². The van der Waals surface area contributed by atoms with Crippen molar-refractivity contribution in [1.82, 2.24) is 4.90 Å². The molecule has 0 radical (unpaired) electrons. The van der Waals surface area contributed by atoms with Crippen LogP contribution in [0.4, 0.5) is 5.69 Å². The minimum absolute atomic E-state index is 0.0731. The van der Waals surface area contributed by atoms with Crippen molar-refractivity contribution in [2.45, 2.75) is 12.8 Å². The molecule has 7 heteroatoms. The Morgan fingerprint density at radius 1 is 1.08 bits per heavy atom. The molecular formula is C19H20N2O5. The van der Waals surface area contributed by atoms with E-state index in [1.807, 2.05) is 0 Å². The van der Waals surface area contributed by atoms with Crippen LogP contribution in [0.3, 0.4) is 0 Å². The van der Waals surface area contributed by atoms with Crippen LogP contribution in [0.2, 0.25) is 0 Å². The number of carbonyl (C=O) groups excluding carboxylic acids is 3. The van der Waals surface area contributed by atoms with E-state index in [4.69, 9.17) is 4.42 Å². The van der Waals surface area contributed by atoms with Crippen molar-refractivity contribution in [2.75, 3.05) is 25.5 Å². The van der Waals surface area contributed by atoms with Crippen LogP contribution in [-0.4, -0.2) is 42.9 Å². The number of anilines is 1. The van der Waals surface area contributed by atoms with Gasteiger partial charge in [0, 0.05) is 24.7 Å². The second-order valence-electron chi connectivity index (χ2n) is 6.14. The van der Waals surface area contributed by atoms with Gasteiger partial charge in [0.15, 0.2) is 0 Å². The van der Waals surface area contributed by atoms with Crippen molar-refractivity contribution in [3.05, 3.63) is 54.0 Å². The lowest BCUT2D eigenvalue weighted by Gasteiger charge is -2.31. The van der Waals surface area contributed by atoms with Crippen molar-refractivity contribution in [3.63, 3.8) is 0 Å². The smallest absolute Gasteiger partial charge is 0.337 e. The summed E-state index contributed by atoms with van der Waals surface area (Å²) in [5, 5.41) is 2.86. The van der Waals surface area contributed by atoms with E-state index >= 15 is 0 Å². The molecule has 1 fully saturated rings. The molecule has 2 aromatic rings. The largest absolute Gasteiger partial charge is 0.472 e. The number of methoxy groups -OCH3 is 1. The number of carbonyl (C=O) groups is 3. The van der Waals surface area contributed by atoms with Crippen LogP contribution >= 0.6 is 0 Å². The maximum absolute atomic E-state index is 12.4. The van der Waals surface area contributed by atoms with Gasteiger partial charge >= 0.3 is 5.97 Å². The molecule has 2 amide bonds. The van der Waals surface area contributed by atoms with Crippen molar-refractivity contribution >= 4 is 23.5 Å². The maximum Gasteiger partial charge on any atom is 0.337 e. The lowest BCUT2D eigenvalue weighted by atomic mass is 9.95. The molecule has 26 heavy (non-hydrogen) atoms. The highest BCUT2D eigenvalue weighted by molar-refractivity contribution is 5.95. The number of rotatable bonds is 4. The van der Waals surface area contributed by atoms with E-state index in [1.54, 1.807) is 35.2 Å². The van der Waals surface area contributed by atoms with E-state index in [9.17, 15) is 14.4 Å². The lowest BCUT2D eigenvalue weighted by Crippen LogP contribution is -2.41. The van der Waals surface area contributed by atoms with Crippen LogP contribution in [0.5, 0.6) is 0 Å². The SMILES string of the molecule is COC(=O)c1ccc(NC(=O)C2CCN(C(=O)c3ccoc3)CC2)cc1. The van der Waals surface area contributed by atoms with Gasteiger partial charge in [-0.15, -0.1) is 0 Å². The summed E-state index contributed by atoms with van der Waals surface area (Å²) in [5.74, 6) is -0.719. The third kappa shape index (κ3) is 3.93. The number of benzene rings is 1. The lowest BCUT2D eigenvalue weighted by molar-refractivity contribution is -0.121. The molecule has 1 aliphatic rings. The second kappa shape index (κ2) is 7.86. The first-order chi connectivity index (χ1) is 12.6. The average molecular weight is 356 g/mol. The van der Waals surface area contributed by atoms with Crippen LogP contribution in [0.1, 0.15) is 33.6 Å². The monoisotopic (exact) mass is 356 g/mol. The van der Waals surface area contributed by atoms with Crippen LogP contribution in [0.25, 0.3) is 0 Å². The number of esters is 1. The predicted octanol–water partition coefficient (Wildman–Crippen LogP) is 2.56. The highest BCUT2D eigenvalue weighted by Crippen LogP contribution is 2.21. The Kier molecular flexibility index (Phi) is 5.36. The van der Waals surface area contributed by atoms with Gasteiger partial charge in [-0.2, -0.15) is 0 Å². The number of amides is 2. The normalized spacial score (nSPS) is 14.7. The molecule has 0 unspecified atom stereocenters. The van der Waals surface area contributed by atoms with Crippen molar-refractivity contribution < 1.29 is 23.5 Å². The summed E-state index contributed by atoms with van der Waals surface area (Å²) in [6.07, 6.45) is 4.11. The van der Waals surface area contributed by atoms with Crippen LogP contribution in [0.15, 0.2) is 47.3 Å². The standard InChI is InChI=1S/C19H20N2O5/c1-25-19(24)14-2-4-16(5-3-14)20-17(22)13-6-9-21(10-7-13)18(23)15-8-11-26-12-15/h2-5,8,11-13H,6-7,9-10H2,1H3,(H,20,22). The quantitative estimate of drug-likeness (QED) is 0.851. The molecule has 0 atom stereocenters. The van der Waals surface area contributed by atoms with Crippen molar-refractivity contribution in [3.8, 4) is 0 Å². The summed E-state index contributed by atoms with van der Waals surface area (Å²) in [6.45, 7) is 1.06. The molecule has 7 nitrogen and oxygen atoms in total. The fraction of sp³-hybridized carbons (Fsp3) is 0.316. The third-order valence-electron chi connectivity index (χ3n) is 4.49. The van der Waals surface area contributed by atoms with Crippen LogP contribution in [-0.2, 0) is 9.53 Å². The molecule has 0 saturated carbocycles. The molecule has 1 saturated heterocycles. The zero-order valence-corrected chi connectivity index (χ0v) is 14.4. The Morgan fingerprint density at radius 3 is 2.35 bits per heavy atom. The van der Waals surface area contributed by atoms with Crippen molar-refractivity contribution in [1.29, 1.82) is 0 Å². The summed E-state index contributed by atoms with van der Waals surface area (Å²) in [5.41, 5.74) is 1.58. The molecule has 0 spiro atoms. The summed E-state index contributed by atoms with van der Waals surface area (Å²) < 4.78 is 9.59. The molecule has 1 aromatic heterocycles. The Morgan fingerprint density at radius 2 is 1.77 bits per heavy atom. The summed E-state index contributed by atoms with van der Waals surface area (Å²) in [6, 6.07) is 8.18. The fourth-order valence-corrected chi connectivity index (χ4v) is 2.97. The highest BCUT2D eigenvalue weighted by Gasteiger charge is 2.28. The van der Waals surface area contributed by atoms with Crippen molar-refractivity contribution in [2.24, 2.45) is 5.92 Å². The number of ether oxygens (including phenoxy) is 1. The molecule has 136 valence electrons. The number of nitrogens with one attached hydrogen (secondary N) is 1. The van der Waals surface area contributed by atoms with E-state index in [-0.39, 0.29) is 17.7 Å². The van der Waals surface area contributed by atoms with Gasteiger partial charge in [0.05, 0.1) is 24.5 Å². The molecule has 1 aliphatic heterocycles.